The van der Waals surface area contributed by atoms with Crippen LogP contribution in [-0.4, -0.2) is 16.0 Å². The van der Waals surface area contributed by atoms with E-state index in [1.54, 1.807) is 18.2 Å². The number of rotatable bonds is 2. The second kappa shape index (κ2) is 7.05. The second-order valence-electron chi connectivity index (χ2n) is 6.84. The van der Waals surface area contributed by atoms with Crippen LogP contribution in [-0.2, 0) is 4.79 Å². The number of para-hydroxylation sites is 2. The van der Waals surface area contributed by atoms with E-state index in [1.807, 2.05) is 45.0 Å². The number of carbonyl (C=O) groups is 1. The largest absolute Gasteiger partial charge is 0.436 e. The Balaban J connectivity index is 1.84. The number of hydrogen-bond donors (Lipinski definition) is 2. The molecule has 0 spiro atoms. The number of carbonyl (C=O) groups excluding carboxylic acids is 1. The Hall–Kier alpha value is -2.44. The van der Waals surface area contributed by atoms with Gasteiger partial charge in [-0.25, -0.2) is 4.98 Å². The van der Waals surface area contributed by atoms with Crippen molar-refractivity contribution in [3.8, 4) is 11.5 Å². The maximum absolute atomic E-state index is 12.0. The Morgan fingerprint density at radius 3 is 2.62 bits per heavy atom. The van der Waals surface area contributed by atoms with Gasteiger partial charge in [0.05, 0.1) is 10.6 Å². The molecule has 0 aliphatic carbocycles. The van der Waals surface area contributed by atoms with Crippen molar-refractivity contribution < 1.29 is 9.21 Å². The SMILES string of the molecule is CC(C)(C)C(=O)NC(=S)Nc1ccc(Cl)c(-c2nc3ccccc3o2)c1. The first-order chi connectivity index (χ1) is 12.2. The molecular formula is C19H18ClN3O2S. The molecule has 1 heterocycles. The molecule has 2 aromatic carbocycles. The average Bonchev–Trinajstić information content (AvgIpc) is 2.99. The minimum absolute atomic E-state index is 0.164. The minimum Gasteiger partial charge on any atom is -0.436 e. The number of anilines is 1. The third kappa shape index (κ3) is 4.03. The van der Waals surface area contributed by atoms with Crippen LogP contribution < -0.4 is 10.6 Å². The molecule has 0 radical (unpaired) electrons. The van der Waals surface area contributed by atoms with E-state index >= 15 is 0 Å². The van der Waals surface area contributed by atoms with Gasteiger partial charge >= 0.3 is 0 Å². The smallest absolute Gasteiger partial charge is 0.231 e. The Morgan fingerprint density at radius 2 is 1.92 bits per heavy atom. The summed E-state index contributed by atoms with van der Waals surface area (Å²) < 4.78 is 5.78. The summed E-state index contributed by atoms with van der Waals surface area (Å²) in [5, 5.41) is 6.39. The minimum atomic E-state index is -0.533. The molecule has 0 unspecified atom stereocenters. The third-order valence-corrected chi connectivity index (χ3v) is 4.19. The highest BCUT2D eigenvalue weighted by atomic mass is 35.5. The topological polar surface area (TPSA) is 67.2 Å². The summed E-state index contributed by atoms with van der Waals surface area (Å²) in [5.41, 5.74) is 2.22. The molecular weight excluding hydrogens is 370 g/mol. The van der Waals surface area contributed by atoms with E-state index in [0.717, 1.165) is 5.52 Å². The van der Waals surface area contributed by atoms with Gasteiger partial charge in [-0.1, -0.05) is 44.5 Å². The first kappa shape index (κ1) is 18.4. The standard InChI is InChI=1S/C19H18ClN3O2S/c1-19(2,3)17(24)23-18(26)21-11-8-9-13(20)12(10-11)16-22-14-6-4-5-7-15(14)25-16/h4-10H,1-3H3,(H2,21,23,24,26). The van der Waals surface area contributed by atoms with Crippen molar-refractivity contribution in [2.75, 3.05) is 5.32 Å². The van der Waals surface area contributed by atoms with E-state index in [2.05, 4.69) is 15.6 Å². The van der Waals surface area contributed by atoms with Crippen LogP contribution in [0.1, 0.15) is 20.8 Å². The number of oxazole rings is 1. The molecule has 0 atom stereocenters. The zero-order valence-corrected chi connectivity index (χ0v) is 16.2. The molecule has 26 heavy (non-hydrogen) atoms. The summed E-state index contributed by atoms with van der Waals surface area (Å²) in [5.74, 6) is 0.257. The number of halogens is 1. The van der Waals surface area contributed by atoms with Crippen molar-refractivity contribution in [1.82, 2.24) is 10.3 Å². The highest BCUT2D eigenvalue weighted by Crippen LogP contribution is 2.32. The molecule has 0 aliphatic heterocycles. The lowest BCUT2D eigenvalue weighted by Gasteiger charge is -2.18. The third-order valence-electron chi connectivity index (χ3n) is 3.66. The molecule has 134 valence electrons. The van der Waals surface area contributed by atoms with Crippen LogP contribution >= 0.6 is 23.8 Å². The lowest BCUT2D eigenvalue weighted by atomic mass is 9.96. The molecule has 5 nitrogen and oxygen atoms in total. The predicted octanol–water partition coefficient (Wildman–Crippen LogP) is 5.01. The number of nitrogens with one attached hydrogen (secondary N) is 2. The fourth-order valence-electron chi connectivity index (χ4n) is 2.21. The quantitative estimate of drug-likeness (QED) is 0.605. The first-order valence-corrected chi connectivity index (χ1v) is 8.80. The summed E-state index contributed by atoms with van der Waals surface area (Å²) >= 11 is 11.5. The molecule has 3 aromatic rings. The molecule has 0 bridgehead atoms. The van der Waals surface area contributed by atoms with Crippen LogP contribution in [0.15, 0.2) is 46.9 Å². The highest BCUT2D eigenvalue weighted by Gasteiger charge is 2.22. The van der Waals surface area contributed by atoms with Gasteiger partial charge in [-0.3, -0.25) is 4.79 Å². The lowest BCUT2D eigenvalue weighted by molar-refractivity contribution is -0.126. The normalized spacial score (nSPS) is 11.4. The summed E-state index contributed by atoms with van der Waals surface area (Å²) in [4.78, 5) is 16.5. The summed E-state index contributed by atoms with van der Waals surface area (Å²) in [7, 11) is 0. The number of hydrogen-bond acceptors (Lipinski definition) is 4. The van der Waals surface area contributed by atoms with Crippen LogP contribution in [0.4, 0.5) is 5.69 Å². The number of fused-ring (bicyclic) bond motifs is 1. The van der Waals surface area contributed by atoms with E-state index in [9.17, 15) is 4.79 Å². The molecule has 1 amide bonds. The van der Waals surface area contributed by atoms with E-state index < -0.39 is 5.41 Å². The van der Waals surface area contributed by atoms with Gasteiger partial charge in [0.25, 0.3) is 0 Å². The Labute approximate surface area is 161 Å². The molecule has 0 fully saturated rings. The van der Waals surface area contributed by atoms with Crippen molar-refractivity contribution in [3.63, 3.8) is 0 Å². The van der Waals surface area contributed by atoms with E-state index in [0.29, 0.717) is 27.7 Å². The molecule has 0 aliphatic rings. The van der Waals surface area contributed by atoms with Crippen LogP contribution in [0.5, 0.6) is 0 Å². The summed E-state index contributed by atoms with van der Waals surface area (Å²) in [6.07, 6.45) is 0. The maximum atomic E-state index is 12.0. The van der Waals surface area contributed by atoms with E-state index in [-0.39, 0.29) is 11.0 Å². The van der Waals surface area contributed by atoms with Crippen molar-refractivity contribution >= 4 is 51.6 Å². The summed E-state index contributed by atoms with van der Waals surface area (Å²) in [6.45, 7) is 5.45. The lowest BCUT2D eigenvalue weighted by Crippen LogP contribution is -2.41. The van der Waals surface area contributed by atoms with Crippen LogP contribution in [0.25, 0.3) is 22.6 Å². The zero-order chi connectivity index (χ0) is 18.9. The predicted molar refractivity (Wildman–Crippen MR) is 108 cm³/mol. The fraction of sp³-hybridized carbons (Fsp3) is 0.211. The highest BCUT2D eigenvalue weighted by molar-refractivity contribution is 7.80. The van der Waals surface area contributed by atoms with Crippen LogP contribution in [0.3, 0.4) is 0 Å². The van der Waals surface area contributed by atoms with Gasteiger partial charge in [0.15, 0.2) is 10.7 Å². The van der Waals surface area contributed by atoms with Crippen molar-refractivity contribution in [3.05, 3.63) is 47.5 Å². The number of aromatic nitrogens is 1. The second-order valence-corrected chi connectivity index (χ2v) is 7.66. The van der Waals surface area contributed by atoms with Crippen molar-refractivity contribution in [2.24, 2.45) is 5.41 Å². The summed E-state index contributed by atoms with van der Waals surface area (Å²) in [6, 6.07) is 12.8. The number of nitrogens with zero attached hydrogens (tertiary/aromatic N) is 1. The monoisotopic (exact) mass is 387 g/mol. The zero-order valence-electron chi connectivity index (χ0n) is 14.6. The van der Waals surface area contributed by atoms with Gasteiger partial charge in [0.1, 0.15) is 5.52 Å². The molecule has 0 saturated carbocycles. The van der Waals surface area contributed by atoms with Gasteiger partial charge in [0, 0.05) is 11.1 Å². The van der Waals surface area contributed by atoms with Crippen LogP contribution in [0, 0.1) is 5.41 Å². The number of thiocarbonyl (C=S) groups is 1. The van der Waals surface area contributed by atoms with E-state index in [4.69, 9.17) is 28.2 Å². The van der Waals surface area contributed by atoms with Gasteiger partial charge in [0.2, 0.25) is 11.8 Å². The first-order valence-electron chi connectivity index (χ1n) is 8.02. The van der Waals surface area contributed by atoms with Gasteiger partial charge in [-0.2, -0.15) is 0 Å². The van der Waals surface area contributed by atoms with Gasteiger partial charge in [-0.15, -0.1) is 0 Å². The molecule has 0 saturated heterocycles. The Morgan fingerprint density at radius 1 is 1.19 bits per heavy atom. The number of amides is 1. The molecule has 3 rings (SSSR count). The Kier molecular flexibility index (Phi) is 4.98. The number of benzene rings is 2. The molecule has 2 N–H and O–H groups in total. The Bertz CT molecular complexity index is 959. The van der Waals surface area contributed by atoms with Crippen molar-refractivity contribution in [1.29, 1.82) is 0 Å². The average molecular weight is 388 g/mol. The fourth-order valence-corrected chi connectivity index (χ4v) is 2.62. The molecule has 7 heteroatoms. The van der Waals surface area contributed by atoms with E-state index in [1.165, 1.54) is 0 Å². The van der Waals surface area contributed by atoms with Gasteiger partial charge < -0.3 is 15.1 Å². The maximum Gasteiger partial charge on any atom is 0.231 e. The van der Waals surface area contributed by atoms with Crippen molar-refractivity contribution in [2.45, 2.75) is 20.8 Å². The van der Waals surface area contributed by atoms with Gasteiger partial charge in [-0.05, 0) is 42.5 Å². The molecule has 1 aromatic heterocycles. The van der Waals surface area contributed by atoms with Crippen LogP contribution in [0.2, 0.25) is 5.02 Å².